The van der Waals surface area contributed by atoms with Crippen LogP contribution in [0.2, 0.25) is 0 Å². The van der Waals surface area contributed by atoms with E-state index in [4.69, 9.17) is 14.6 Å². The smallest absolute Gasteiger partial charge is 0.187 e. The third-order valence-electron chi connectivity index (χ3n) is 8.75. The number of ketones is 3. The Labute approximate surface area is 241 Å². The summed E-state index contributed by atoms with van der Waals surface area (Å²) >= 11 is 0. The summed E-state index contributed by atoms with van der Waals surface area (Å²) < 4.78 is 25.1. The highest BCUT2D eigenvalue weighted by atomic mass is 19.1. The third kappa shape index (κ3) is 3.38. The molecule has 0 aromatic heterocycles. The number of benzene rings is 4. The maximum atomic E-state index is 14.8. The maximum absolute atomic E-state index is 14.8. The molecule has 1 fully saturated rings. The van der Waals surface area contributed by atoms with Crippen molar-refractivity contribution in [2.75, 3.05) is 14.2 Å². The molecule has 7 rings (SSSR count). The van der Waals surface area contributed by atoms with Gasteiger partial charge in [-0.1, -0.05) is 54.6 Å². The van der Waals surface area contributed by atoms with Crippen LogP contribution >= 0.6 is 0 Å². The number of carbonyl (C=O) groups excluding carboxylic acids is 3. The van der Waals surface area contributed by atoms with Gasteiger partial charge in [-0.2, -0.15) is 5.10 Å². The first-order valence-corrected chi connectivity index (χ1v) is 13.5. The van der Waals surface area contributed by atoms with Gasteiger partial charge in [0.15, 0.2) is 17.3 Å². The topological polar surface area (TPSA) is 85.3 Å². The predicted octanol–water partition coefficient (Wildman–Crippen LogP) is 5.65. The van der Waals surface area contributed by atoms with Gasteiger partial charge in [-0.3, -0.25) is 19.4 Å². The summed E-state index contributed by atoms with van der Waals surface area (Å²) in [5, 5.41) is 6.34. The van der Waals surface area contributed by atoms with Gasteiger partial charge in [-0.25, -0.2) is 4.39 Å². The summed E-state index contributed by atoms with van der Waals surface area (Å²) in [6, 6.07) is 22.6. The number of nitrogens with zero attached hydrogens (tertiary/aromatic N) is 2. The molecule has 42 heavy (non-hydrogen) atoms. The normalized spacial score (nSPS) is 21.2. The summed E-state index contributed by atoms with van der Waals surface area (Å²) in [6.45, 7) is 0. The summed E-state index contributed by atoms with van der Waals surface area (Å²) in [6.07, 6.45) is 1.65. The fourth-order valence-corrected chi connectivity index (χ4v) is 6.98. The molecule has 1 saturated heterocycles. The van der Waals surface area contributed by atoms with E-state index in [1.165, 1.54) is 38.5 Å². The molecule has 2 heterocycles. The molecule has 8 heteroatoms. The van der Waals surface area contributed by atoms with Crippen LogP contribution in [0.5, 0.6) is 11.5 Å². The molecule has 4 aromatic carbocycles. The molecule has 2 aliphatic heterocycles. The van der Waals surface area contributed by atoms with E-state index in [0.717, 1.165) is 5.56 Å². The first kappa shape index (κ1) is 25.8. The van der Waals surface area contributed by atoms with Crippen molar-refractivity contribution in [2.24, 2.45) is 10.5 Å². The Hall–Kier alpha value is -5.11. The van der Waals surface area contributed by atoms with Crippen LogP contribution in [0.25, 0.3) is 0 Å². The van der Waals surface area contributed by atoms with E-state index in [1.807, 2.05) is 24.3 Å². The van der Waals surface area contributed by atoms with E-state index in [9.17, 15) is 18.8 Å². The molecule has 1 spiro atoms. The van der Waals surface area contributed by atoms with E-state index in [1.54, 1.807) is 53.7 Å². The Balaban J connectivity index is 1.57. The van der Waals surface area contributed by atoms with Crippen LogP contribution in [-0.4, -0.2) is 48.8 Å². The molecule has 208 valence electrons. The molecule has 4 aromatic rings. The highest BCUT2D eigenvalue weighted by Crippen LogP contribution is 2.65. The Morgan fingerprint density at radius 3 is 2.17 bits per heavy atom. The lowest BCUT2D eigenvalue weighted by Crippen LogP contribution is -2.44. The maximum Gasteiger partial charge on any atom is 0.187 e. The van der Waals surface area contributed by atoms with Crippen molar-refractivity contribution in [3.05, 3.63) is 130 Å². The second-order valence-corrected chi connectivity index (χ2v) is 10.6. The average Bonchev–Trinajstić information content (AvgIpc) is 3.46. The third-order valence-corrected chi connectivity index (χ3v) is 8.75. The largest absolute Gasteiger partial charge is 0.497 e. The fourth-order valence-electron chi connectivity index (χ4n) is 6.98. The molecule has 1 aliphatic carbocycles. The van der Waals surface area contributed by atoms with Crippen molar-refractivity contribution in [3.8, 4) is 11.5 Å². The monoisotopic (exact) mass is 560 g/mol. The average molecular weight is 561 g/mol. The second-order valence-electron chi connectivity index (χ2n) is 10.6. The second kappa shape index (κ2) is 9.48. The number of hydrazone groups is 1. The molecule has 3 atom stereocenters. The van der Waals surface area contributed by atoms with Gasteiger partial charge in [0, 0.05) is 34.2 Å². The van der Waals surface area contributed by atoms with Crippen LogP contribution < -0.4 is 9.47 Å². The lowest BCUT2D eigenvalue weighted by molar-refractivity contribution is 0.0585. The predicted molar refractivity (Wildman–Crippen MR) is 153 cm³/mol. The number of hydrogen-bond acceptors (Lipinski definition) is 7. The van der Waals surface area contributed by atoms with Gasteiger partial charge in [0.1, 0.15) is 28.8 Å². The molecule has 0 N–H and O–H groups in total. The lowest BCUT2D eigenvalue weighted by atomic mass is 9.62. The Morgan fingerprint density at radius 2 is 1.50 bits per heavy atom. The van der Waals surface area contributed by atoms with E-state index >= 15 is 0 Å². The molecule has 0 amide bonds. The van der Waals surface area contributed by atoms with Gasteiger partial charge in [-0.05, 0) is 41.5 Å². The fraction of sp³-hybridized carbons (Fsp3) is 0.176. The number of hydrogen-bond donors (Lipinski definition) is 0. The number of halogens is 1. The van der Waals surface area contributed by atoms with E-state index < -0.39 is 35.0 Å². The number of fused-ring (bicyclic) bond motifs is 5. The van der Waals surface area contributed by atoms with Crippen LogP contribution in [-0.2, 0) is 0 Å². The van der Waals surface area contributed by atoms with Crippen LogP contribution in [0.15, 0.2) is 96.1 Å². The molecular weight excluding hydrogens is 535 g/mol. The number of Topliss-reactive ketones (excluding diaryl/α,β-unsaturated/α-hetero) is 3. The van der Waals surface area contributed by atoms with Crippen LogP contribution in [0, 0.1) is 11.2 Å². The van der Waals surface area contributed by atoms with Crippen LogP contribution in [0.3, 0.4) is 0 Å². The minimum atomic E-state index is -1.75. The van der Waals surface area contributed by atoms with Gasteiger partial charge < -0.3 is 9.47 Å². The number of rotatable bonds is 5. The minimum absolute atomic E-state index is 0.235. The minimum Gasteiger partial charge on any atom is -0.497 e. The first-order valence-electron chi connectivity index (χ1n) is 13.5. The van der Waals surface area contributed by atoms with E-state index in [-0.39, 0.29) is 17.1 Å². The number of methoxy groups -OCH3 is 2. The molecule has 0 radical (unpaired) electrons. The van der Waals surface area contributed by atoms with Crippen LogP contribution in [0.1, 0.15) is 59.7 Å². The van der Waals surface area contributed by atoms with Crippen molar-refractivity contribution >= 4 is 23.6 Å². The zero-order valence-electron chi connectivity index (χ0n) is 22.8. The highest BCUT2D eigenvalue weighted by molar-refractivity contribution is 6.31. The quantitative estimate of drug-likeness (QED) is 0.232. The molecule has 0 bridgehead atoms. The zero-order valence-corrected chi connectivity index (χ0v) is 22.8. The Bertz CT molecular complexity index is 1780. The highest BCUT2D eigenvalue weighted by Gasteiger charge is 2.73. The van der Waals surface area contributed by atoms with E-state index in [2.05, 4.69) is 0 Å². The number of ether oxygens (including phenoxy) is 2. The van der Waals surface area contributed by atoms with Gasteiger partial charge in [-0.15, -0.1) is 0 Å². The van der Waals surface area contributed by atoms with Crippen molar-refractivity contribution < 1.29 is 28.2 Å². The van der Waals surface area contributed by atoms with Crippen molar-refractivity contribution in [1.29, 1.82) is 0 Å². The molecule has 7 nitrogen and oxygen atoms in total. The van der Waals surface area contributed by atoms with Gasteiger partial charge in [0.05, 0.1) is 26.5 Å². The lowest BCUT2D eigenvalue weighted by Gasteiger charge is -2.36. The standard InChI is InChI=1S/C34H25FN2O5/c1-41-22-15-16-26(27(17-22)42-2)28-29(30(38)19-11-13-21(35)14-12-19)37-31(23-8-4-3-7-20(23)18-36-37)34(28)32(39)24-9-5-6-10-25(24)33(34)40/h3-18,28-29,31H,1-2H3/t28-,29+,31+/m0/s1. The van der Waals surface area contributed by atoms with Gasteiger partial charge in [0.25, 0.3) is 0 Å². The molecule has 0 saturated carbocycles. The summed E-state index contributed by atoms with van der Waals surface area (Å²) in [7, 11) is 3.02. The first-order chi connectivity index (χ1) is 20.4. The molecule has 3 aliphatic rings. The van der Waals surface area contributed by atoms with Crippen molar-refractivity contribution in [1.82, 2.24) is 5.01 Å². The molecular formula is C34H25FN2O5. The van der Waals surface area contributed by atoms with Crippen LogP contribution in [0.4, 0.5) is 4.39 Å². The van der Waals surface area contributed by atoms with Crippen molar-refractivity contribution in [3.63, 3.8) is 0 Å². The van der Waals surface area contributed by atoms with E-state index in [0.29, 0.717) is 33.8 Å². The van der Waals surface area contributed by atoms with Gasteiger partial charge in [0.2, 0.25) is 0 Å². The SMILES string of the molecule is COc1ccc([C@H]2[C@H](C(=O)c3ccc(F)cc3)N3N=Cc4ccccc4[C@@H]3C23C(=O)c2ccccc2C3=O)c(OC)c1. The van der Waals surface area contributed by atoms with Gasteiger partial charge >= 0.3 is 0 Å². The van der Waals surface area contributed by atoms with Crippen molar-refractivity contribution in [2.45, 2.75) is 18.0 Å². The number of carbonyl (C=O) groups is 3. The summed E-state index contributed by atoms with van der Waals surface area (Å²) in [5.41, 5.74) is 1.07. The zero-order chi connectivity index (χ0) is 29.2. The Morgan fingerprint density at radius 1 is 0.833 bits per heavy atom. The summed E-state index contributed by atoms with van der Waals surface area (Å²) in [4.78, 5) is 44.2. The Kier molecular flexibility index (Phi) is 5.83. The molecule has 0 unspecified atom stereocenters. The summed E-state index contributed by atoms with van der Waals surface area (Å²) in [5.74, 6) is -1.77.